The average Bonchev–Trinajstić information content (AvgIpc) is 2.96. The van der Waals surface area contributed by atoms with E-state index in [4.69, 9.17) is 5.73 Å². The molecule has 2 unspecified atom stereocenters. The summed E-state index contributed by atoms with van der Waals surface area (Å²) in [6.07, 6.45) is 9.15. The monoisotopic (exact) mass is 220 g/mol. The van der Waals surface area contributed by atoms with Gasteiger partial charge in [0.05, 0.1) is 12.0 Å². The van der Waals surface area contributed by atoms with Crippen molar-refractivity contribution in [3.05, 3.63) is 18.2 Å². The molecular formula is C12H20N4. The van der Waals surface area contributed by atoms with Gasteiger partial charge in [-0.1, -0.05) is 0 Å². The van der Waals surface area contributed by atoms with Crippen molar-refractivity contribution in [2.45, 2.75) is 44.3 Å². The SMILES string of the molecule is NCc1cncn1C1CCN2CCCC2C1. The number of piperidine rings is 1. The summed E-state index contributed by atoms with van der Waals surface area (Å²) in [4.78, 5) is 6.87. The summed E-state index contributed by atoms with van der Waals surface area (Å²) in [6.45, 7) is 3.16. The Kier molecular flexibility index (Phi) is 2.69. The van der Waals surface area contributed by atoms with E-state index in [9.17, 15) is 0 Å². The molecule has 2 fully saturated rings. The van der Waals surface area contributed by atoms with Gasteiger partial charge in [0.1, 0.15) is 0 Å². The van der Waals surface area contributed by atoms with Crippen LogP contribution in [-0.2, 0) is 6.54 Å². The van der Waals surface area contributed by atoms with Crippen molar-refractivity contribution >= 4 is 0 Å². The van der Waals surface area contributed by atoms with E-state index in [1.54, 1.807) is 0 Å². The fourth-order valence-electron chi connectivity index (χ4n) is 3.27. The van der Waals surface area contributed by atoms with Crippen LogP contribution >= 0.6 is 0 Å². The van der Waals surface area contributed by atoms with Gasteiger partial charge in [-0.15, -0.1) is 0 Å². The van der Waals surface area contributed by atoms with E-state index in [1.165, 1.54) is 44.5 Å². The zero-order valence-corrected chi connectivity index (χ0v) is 9.68. The van der Waals surface area contributed by atoms with E-state index in [-0.39, 0.29) is 0 Å². The first-order valence-corrected chi connectivity index (χ1v) is 6.33. The molecule has 4 heteroatoms. The maximum atomic E-state index is 5.74. The highest BCUT2D eigenvalue weighted by atomic mass is 15.2. The number of nitrogens with two attached hydrogens (primary N) is 1. The summed E-state index contributed by atoms with van der Waals surface area (Å²) in [5.41, 5.74) is 6.91. The maximum Gasteiger partial charge on any atom is 0.0951 e. The van der Waals surface area contributed by atoms with Crippen LogP contribution in [0.4, 0.5) is 0 Å². The number of imidazole rings is 1. The van der Waals surface area contributed by atoms with Crippen LogP contribution in [0.25, 0.3) is 0 Å². The zero-order chi connectivity index (χ0) is 11.0. The van der Waals surface area contributed by atoms with Crippen molar-refractivity contribution < 1.29 is 0 Å². The van der Waals surface area contributed by atoms with Gasteiger partial charge in [-0.2, -0.15) is 0 Å². The lowest BCUT2D eigenvalue weighted by molar-refractivity contribution is 0.154. The number of fused-ring (bicyclic) bond motifs is 1. The van der Waals surface area contributed by atoms with Gasteiger partial charge >= 0.3 is 0 Å². The number of hydrogen-bond acceptors (Lipinski definition) is 3. The van der Waals surface area contributed by atoms with Crippen LogP contribution in [0.1, 0.15) is 37.4 Å². The molecule has 4 nitrogen and oxygen atoms in total. The summed E-state index contributed by atoms with van der Waals surface area (Å²) < 4.78 is 2.30. The normalized spacial score (nSPS) is 30.6. The van der Waals surface area contributed by atoms with Crippen molar-refractivity contribution in [3.8, 4) is 0 Å². The van der Waals surface area contributed by atoms with E-state index < -0.39 is 0 Å². The molecule has 0 bridgehead atoms. The minimum absolute atomic E-state index is 0.602. The second-order valence-electron chi connectivity index (χ2n) is 5.01. The summed E-state index contributed by atoms with van der Waals surface area (Å²) in [7, 11) is 0. The Balaban J connectivity index is 1.76. The smallest absolute Gasteiger partial charge is 0.0951 e. The topological polar surface area (TPSA) is 47.1 Å². The summed E-state index contributed by atoms with van der Waals surface area (Å²) >= 11 is 0. The summed E-state index contributed by atoms with van der Waals surface area (Å²) in [5.74, 6) is 0. The van der Waals surface area contributed by atoms with Crippen LogP contribution in [0, 0.1) is 0 Å². The molecule has 2 aliphatic rings. The summed E-state index contributed by atoms with van der Waals surface area (Å²) in [5, 5.41) is 0. The van der Waals surface area contributed by atoms with Gasteiger partial charge in [0.2, 0.25) is 0 Å². The third-order valence-electron chi connectivity index (χ3n) is 4.14. The van der Waals surface area contributed by atoms with Crippen molar-refractivity contribution in [1.82, 2.24) is 14.5 Å². The lowest BCUT2D eigenvalue weighted by Gasteiger charge is -2.35. The summed E-state index contributed by atoms with van der Waals surface area (Å²) in [6, 6.07) is 1.44. The number of nitrogens with zero attached hydrogens (tertiary/aromatic N) is 3. The van der Waals surface area contributed by atoms with Crippen LogP contribution in [0.5, 0.6) is 0 Å². The molecule has 0 radical (unpaired) electrons. The molecule has 2 saturated heterocycles. The predicted octanol–water partition coefficient (Wildman–Crippen LogP) is 1.14. The molecule has 1 aromatic rings. The zero-order valence-electron chi connectivity index (χ0n) is 9.68. The Morgan fingerprint density at radius 2 is 2.25 bits per heavy atom. The first-order chi connectivity index (χ1) is 7.88. The second kappa shape index (κ2) is 4.18. The molecule has 0 saturated carbocycles. The molecule has 16 heavy (non-hydrogen) atoms. The number of aromatic nitrogens is 2. The quantitative estimate of drug-likeness (QED) is 0.813. The van der Waals surface area contributed by atoms with Crippen molar-refractivity contribution in [1.29, 1.82) is 0 Å². The molecule has 1 aromatic heterocycles. The predicted molar refractivity (Wildman–Crippen MR) is 63.0 cm³/mol. The molecule has 0 aromatic carbocycles. The van der Waals surface area contributed by atoms with Gasteiger partial charge in [-0.25, -0.2) is 4.98 Å². The van der Waals surface area contributed by atoms with Crippen LogP contribution in [0.2, 0.25) is 0 Å². The molecule has 3 rings (SSSR count). The Bertz CT molecular complexity index is 360. The lowest BCUT2D eigenvalue weighted by atomic mass is 9.97. The van der Waals surface area contributed by atoms with E-state index in [0.29, 0.717) is 12.6 Å². The van der Waals surface area contributed by atoms with Gasteiger partial charge in [-0.3, -0.25) is 0 Å². The van der Waals surface area contributed by atoms with E-state index in [1.807, 2.05) is 12.5 Å². The van der Waals surface area contributed by atoms with Gasteiger partial charge < -0.3 is 15.2 Å². The largest absolute Gasteiger partial charge is 0.330 e. The molecule has 88 valence electrons. The highest BCUT2D eigenvalue weighted by Gasteiger charge is 2.32. The standard InChI is InChI=1S/C12H20N4/c13-7-12-8-14-9-16(12)11-3-5-15-4-1-2-10(15)6-11/h8-11H,1-7,13H2. The molecule has 2 N–H and O–H groups in total. The van der Waals surface area contributed by atoms with Crippen LogP contribution in [0.3, 0.4) is 0 Å². The molecule has 2 atom stereocenters. The van der Waals surface area contributed by atoms with Gasteiger partial charge in [0.25, 0.3) is 0 Å². The number of hydrogen-bond donors (Lipinski definition) is 1. The van der Waals surface area contributed by atoms with Crippen LogP contribution in [-0.4, -0.2) is 33.6 Å². The Morgan fingerprint density at radius 3 is 3.12 bits per heavy atom. The first-order valence-electron chi connectivity index (χ1n) is 6.33. The third-order valence-corrected chi connectivity index (χ3v) is 4.14. The first kappa shape index (κ1) is 10.3. The number of rotatable bonds is 2. The van der Waals surface area contributed by atoms with E-state index >= 15 is 0 Å². The Morgan fingerprint density at radius 1 is 1.31 bits per heavy atom. The fraction of sp³-hybridized carbons (Fsp3) is 0.750. The highest BCUT2D eigenvalue weighted by molar-refractivity contribution is 5.01. The van der Waals surface area contributed by atoms with E-state index in [0.717, 1.165) is 6.04 Å². The third kappa shape index (κ3) is 1.66. The highest BCUT2D eigenvalue weighted by Crippen LogP contribution is 2.33. The fourth-order valence-corrected chi connectivity index (χ4v) is 3.27. The van der Waals surface area contributed by atoms with Crippen molar-refractivity contribution in [2.75, 3.05) is 13.1 Å². The molecule has 2 aliphatic heterocycles. The molecular weight excluding hydrogens is 200 g/mol. The van der Waals surface area contributed by atoms with E-state index in [2.05, 4.69) is 14.5 Å². The van der Waals surface area contributed by atoms with Gasteiger partial charge in [-0.05, 0) is 32.2 Å². The van der Waals surface area contributed by atoms with Crippen molar-refractivity contribution in [2.24, 2.45) is 5.73 Å². The second-order valence-corrected chi connectivity index (χ2v) is 5.01. The van der Waals surface area contributed by atoms with Crippen LogP contribution < -0.4 is 5.73 Å². The minimum atomic E-state index is 0.602. The maximum absolute atomic E-state index is 5.74. The van der Waals surface area contributed by atoms with Gasteiger partial charge in [0, 0.05) is 31.4 Å². The Labute approximate surface area is 96.4 Å². The Hall–Kier alpha value is -0.870. The molecule has 0 aliphatic carbocycles. The van der Waals surface area contributed by atoms with Gasteiger partial charge in [0.15, 0.2) is 0 Å². The average molecular weight is 220 g/mol. The minimum Gasteiger partial charge on any atom is -0.330 e. The molecule has 0 amide bonds. The lowest BCUT2D eigenvalue weighted by Crippen LogP contribution is -2.38. The van der Waals surface area contributed by atoms with Crippen molar-refractivity contribution in [3.63, 3.8) is 0 Å². The molecule has 3 heterocycles. The van der Waals surface area contributed by atoms with Crippen LogP contribution in [0.15, 0.2) is 12.5 Å². The molecule has 0 spiro atoms.